The van der Waals surface area contributed by atoms with Gasteiger partial charge in [0, 0.05) is 0 Å². The first-order valence-corrected chi connectivity index (χ1v) is 4.90. The number of rotatable bonds is 0. The zero-order chi connectivity index (χ0) is 7.84. The van der Waals surface area contributed by atoms with E-state index in [0.717, 1.165) is 10.1 Å². The van der Waals surface area contributed by atoms with Crippen molar-refractivity contribution >= 4 is 29.5 Å². The van der Waals surface area contributed by atoms with Crippen molar-refractivity contribution in [1.29, 1.82) is 0 Å². The Morgan fingerprint density at radius 1 is 1.55 bits per heavy atom. The minimum Gasteiger partial charge on any atom is -0.369 e. The minimum absolute atomic E-state index is 0.123. The summed E-state index contributed by atoms with van der Waals surface area (Å²) in [5.74, 6) is 0.198. The summed E-state index contributed by atoms with van der Waals surface area (Å²) in [5, 5.41) is 1.62. The molecule has 6 heteroatoms. The first-order chi connectivity index (χ1) is 5.27. The standard InChI is InChI=1S/C5H5N3OS2/c6-5-7-3(9)2-4(8-5)11-1-10-2/h1H2,(H3,6,7,8,9). The van der Waals surface area contributed by atoms with Crippen molar-refractivity contribution in [2.45, 2.75) is 9.92 Å². The van der Waals surface area contributed by atoms with Gasteiger partial charge in [-0.1, -0.05) is 11.8 Å². The summed E-state index contributed by atoms with van der Waals surface area (Å²) in [4.78, 5) is 18.2. The number of hydrogen-bond acceptors (Lipinski definition) is 5. The second-order valence-corrected chi connectivity index (χ2v) is 4.31. The van der Waals surface area contributed by atoms with E-state index in [1.807, 2.05) is 0 Å². The van der Waals surface area contributed by atoms with E-state index in [0.29, 0.717) is 4.90 Å². The predicted molar refractivity (Wildman–Crippen MR) is 45.9 cm³/mol. The number of anilines is 1. The van der Waals surface area contributed by atoms with Crippen LogP contribution >= 0.6 is 23.5 Å². The summed E-state index contributed by atoms with van der Waals surface area (Å²) in [6.07, 6.45) is 0. The number of nitrogens with one attached hydrogen (secondary N) is 1. The summed E-state index contributed by atoms with van der Waals surface area (Å²) in [6, 6.07) is 0. The van der Waals surface area contributed by atoms with Crippen molar-refractivity contribution < 1.29 is 0 Å². The zero-order valence-electron chi connectivity index (χ0n) is 5.46. The first-order valence-electron chi connectivity index (χ1n) is 2.93. The third kappa shape index (κ3) is 1.12. The molecule has 2 rings (SSSR count). The number of aromatic amines is 1. The fraction of sp³-hybridized carbons (Fsp3) is 0.200. The molecule has 0 radical (unpaired) electrons. The van der Waals surface area contributed by atoms with Crippen LogP contribution in [-0.4, -0.2) is 15.1 Å². The highest BCUT2D eigenvalue weighted by atomic mass is 32.2. The maximum absolute atomic E-state index is 11.1. The summed E-state index contributed by atoms with van der Waals surface area (Å²) < 4.78 is 0. The highest BCUT2D eigenvalue weighted by Gasteiger charge is 2.17. The third-order valence-electron chi connectivity index (χ3n) is 1.26. The largest absolute Gasteiger partial charge is 0.369 e. The monoisotopic (exact) mass is 187 g/mol. The number of hydrogen-bond donors (Lipinski definition) is 2. The molecule has 0 aromatic carbocycles. The molecule has 4 nitrogen and oxygen atoms in total. The fourth-order valence-corrected chi connectivity index (χ4v) is 3.07. The molecular formula is C5H5N3OS2. The van der Waals surface area contributed by atoms with Crippen LogP contribution in [0, 0.1) is 0 Å². The van der Waals surface area contributed by atoms with Gasteiger partial charge in [-0.05, 0) is 0 Å². The fourth-order valence-electron chi connectivity index (χ4n) is 0.828. The number of H-pyrrole nitrogens is 1. The molecule has 1 aliphatic rings. The van der Waals surface area contributed by atoms with Gasteiger partial charge in [0.1, 0.15) is 9.92 Å². The van der Waals surface area contributed by atoms with E-state index < -0.39 is 0 Å². The molecule has 0 saturated carbocycles. The third-order valence-corrected chi connectivity index (χ3v) is 3.57. The number of nitrogen functional groups attached to an aromatic ring is 1. The lowest BCUT2D eigenvalue weighted by Gasteiger charge is -1.95. The van der Waals surface area contributed by atoms with E-state index in [1.54, 1.807) is 11.8 Å². The van der Waals surface area contributed by atoms with Gasteiger partial charge in [-0.3, -0.25) is 9.78 Å². The van der Waals surface area contributed by atoms with E-state index in [-0.39, 0.29) is 11.5 Å². The quantitative estimate of drug-likeness (QED) is 0.579. The van der Waals surface area contributed by atoms with Crippen LogP contribution in [0.25, 0.3) is 0 Å². The summed E-state index contributed by atoms with van der Waals surface area (Å²) in [7, 11) is 0. The van der Waals surface area contributed by atoms with E-state index >= 15 is 0 Å². The smallest absolute Gasteiger partial charge is 0.267 e. The van der Waals surface area contributed by atoms with Crippen molar-refractivity contribution in [3.8, 4) is 0 Å². The molecule has 0 atom stereocenters. The van der Waals surface area contributed by atoms with Crippen LogP contribution in [0.3, 0.4) is 0 Å². The topological polar surface area (TPSA) is 71.8 Å². The lowest BCUT2D eigenvalue weighted by Crippen LogP contribution is -2.12. The average molecular weight is 187 g/mol. The van der Waals surface area contributed by atoms with Crippen molar-refractivity contribution in [3.05, 3.63) is 10.4 Å². The molecule has 2 heterocycles. The van der Waals surface area contributed by atoms with Gasteiger partial charge in [-0.25, -0.2) is 4.98 Å². The number of nitrogens with two attached hydrogens (primary N) is 1. The van der Waals surface area contributed by atoms with Gasteiger partial charge in [-0.2, -0.15) is 0 Å². The van der Waals surface area contributed by atoms with E-state index in [9.17, 15) is 4.79 Å². The molecule has 3 N–H and O–H groups in total. The van der Waals surface area contributed by atoms with Crippen LogP contribution < -0.4 is 11.3 Å². The molecule has 1 aromatic rings. The summed E-state index contributed by atoms with van der Waals surface area (Å²) in [5.41, 5.74) is 5.22. The lowest BCUT2D eigenvalue weighted by atomic mass is 10.6. The predicted octanol–water partition coefficient (Wildman–Crippen LogP) is 0.507. The van der Waals surface area contributed by atoms with Crippen molar-refractivity contribution in [2.75, 3.05) is 10.8 Å². The van der Waals surface area contributed by atoms with Crippen molar-refractivity contribution in [3.63, 3.8) is 0 Å². The van der Waals surface area contributed by atoms with Gasteiger partial charge in [-0.15, -0.1) is 11.8 Å². The van der Waals surface area contributed by atoms with Crippen LogP contribution in [0.15, 0.2) is 14.7 Å². The van der Waals surface area contributed by atoms with Gasteiger partial charge in [0.05, 0.1) is 5.08 Å². The molecule has 58 valence electrons. The highest BCUT2D eigenvalue weighted by molar-refractivity contribution is 8.18. The second kappa shape index (κ2) is 2.46. The highest BCUT2D eigenvalue weighted by Crippen LogP contribution is 2.37. The van der Waals surface area contributed by atoms with Gasteiger partial charge in [0.2, 0.25) is 5.95 Å². The van der Waals surface area contributed by atoms with Crippen LogP contribution in [0.5, 0.6) is 0 Å². The molecule has 1 aromatic heterocycles. The van der Waals surface area contributed by atoms with Crippen molar-refractivity contribution in [2.24, 2.45) is 0 Å². The number of fused-ring (bicyclic) bond motifs is 1. The van der Waals surface area contributed by atoms with Crippen LogP contribution in [0.1, 0.15) is 0 Å². The van der Waals surface area contributed by atoms with Crippen LogP contribution in [0.4, 0.5) is 5.95 Å². The Labute approximate surface area is 71.0 Å². The van der Waals surface area contributed by atoms with Crippen LogP contribution in [0.2, 0.25) is 0 Å². The molecule has 11 heavy (non-hydrogen) atoms. The molecule has 0 fully saturated rings. The Morgan fingerprint density at radius 2 is 2.36 bits per heavy atom. The molecule has 0 unspecified atom stereocenters. The van der Waals surface area contributed by atoms with Crippen molar-refractivity contribution in [1.82, 2.24) is 9.97 Å². The number of aromatic nitrogens is 2. The Balaban J connectivity index is 2.70. The Hall–Kier alpha value is -0.620. The Kier molecular flexibility index (Phi) is 1.57. The van der Waals surface area contributed by atoms with E-state index in [4.69, 9.17) is 5.73 Å². The summed E-state index contributed by atoms with van der Waals surface area (Å²) >= 11 is 3.05. The van der Waals surface area contributed by atoms with Gasteiger partial charge < -0.3 is 5.73 Å². The summed E-state index contributed by atoms with van der Waals surface area (Å²) in [6.45, 7) is 0. The Morgan fingerprint density at radius 3 is 3.18 bits per heavy atom. The Bertz CT molecular complexity index is 348. The van der Waals surface area contributed by atoms with E-state index in [1.165, 1.54) is 11.8 Å². The molecule has 0 spiro atoms. The van der Waals surface area contributed by atoms with Gasteiger partial charge >= 0.3 is 0 Å². The normalized spacial score (nSPS) is 14.9. The first kappa shape index (κ1) is 7.05. The van der Waals surface area contributed by atoms with Crippen LogP contribution in [-0.2, 0) is 0 Å². The lowest BCUT2D eigenvalue weighted by molar-refractivity contribution is 0.945. The minimum atomic E-state index is -0.123. The van der Waals surface area contributed by atoms with Gasteiger partial charge in [0.25, 0.3) is 5.56 Å². The molecular weight excluding hydrogens is 182 g/mol. The second-order valence-electron chi connectivity index (χ2n) is 1.99. The molecule has 0 saturated heterocycles. The molecule has 0 bridgehead atoms. The number of nitrogens with zero attached hydrogens (tertiary/aromatic N) is 1. The SMILES string of the molecule is Nc1nc2c(c(=O)[nH]1)SCS2. The number of thioether (sulfide) groups is 2. The van der Waals surface area contributed by atoms with Gasteiger partial charge in [0.15, 0.2) is 0 Å². The maximum atomic E-state index is 11.1. The zero-order valence-corrected chi connectivity index (χ0v) is 7.09. The molecule has 1 aliphatic heterocycles. The maximum Gasteiger partial charge on any atom is 0.267 e. The average Bonchev–Trinajstić information content (AvgIpc) is 2.34. The van der Waals surface area contributed by atoms with E-state index in [2.05, 4.69) is 9.97 Å². The molecule has 0 aliphatic carbocycles. The molecule has 0 amide bonds.